The van der Waals surface area contributed by atoms with E-state index < -0.39 is 0 Å². The number of morpholine rings is 1. The molecule has 1 aliphatic carbocycles. The molecule has 1 N–H and O–H groups in total. The molecule has 2 atom stereocenters. The average Bonchev–Trinajstić information content (AvgIpc) is 2.89. The number of carbonyl (C=O) groups is 1. The molecule has 2 heterocycles. The molecule has 1 aromatic rings. The van der Waals surface area contributed by atoms with Crippen LogP contribution in [0.4, 0.5) is 0 Å². The minimum absolute atomic E-state index is 0.0248. The number of hydrogen-bond acceptors (Lipinski definition) is 4. The molecule has 110 valence electrons. The Hall–Kier alpha value is -0.910. The van der Waals surface area contributed by atoms with E-state index in [-0.39, 0.29) is 18.6 Å². The first-order chi connectivity index (χ1) is 9.69. The Morgan fingerprint density at radius 3 is 3.25 bits per heavy atom. The van der Waals surface area contributed by atoms with Gasteiger partial charge in [-0.3, -0.25) is 4.79 Å². The summed E-state index contributed by atoms with van der Waals surface area (Å²) < 4.78 is 5.41. The normalized spacial score (nSPS) is 26.4. The van der Waals surface area contributed by atoms with Crippen LogP contribution in [0, 0.1) is 5.92 Å². The summed E-state index contributed by atoms with van der Waals surface area (Å²) in [5.41, 5.74) is 2.15. The maximum absolute atomic E-state index is 12.7. The minimum Gasteiger partial charge on any atom is -0.394 e. The number of rotatable bonds is 2. The number of aliphatic hydroxyl groups is 1. The van der Waals surface area contributed by atoms with Crippen molar-refractivity contribution in [3.63, 3.8) is 0 Å². The molecule has 1 saturated heterocycles. The van der Waals surface area contributed by atoms with Crippen molar-refractivity contribution < 1.29 is 14.6 Å². The van der Waals surface area contributed by atoms with Crippen LogP contribution in [0.15, 0.2) is 5.38 Å². The zero-order valence-corrected chi connectivity index (χ0v) is 12.6. The largest absolute Gasteiger partial charge is 0.394 e. The Morgan fingerprint density at radius 2 is 2.45 bits per heavy atom. The van der Waals surface area contributed by atoms with E-state index in [9.17, 15) is 9.90 Å². The molecule has 2 aliphatic rings. The van der Waals surface area contributed by atoms with Gasteiger partial charge in [0.15, 0.2) is 0 Å². The number of fused-ring (bicyclic) bond motifs is 1. The van der Waals surface area contributed by atoms with Gasteiger partial charge in [-0.05, 0) is 30.7 Å². The van der Waals surface area contributed by atoms with E-state index in [1.165, 1.54) is 16.9 Å². The molecule has 20 heavy (non-hydrogen) atoms. The molecular weight excluding hydrogens is 274 g/mol. The highest BCUT2D eigenvalue weighted by atomic mass is 32.1. The van der Waals surface area contributed by atoms with E-state index in [1.807, 2.05) is 10.3 Å². The van der Waals surface area contributed by atoms with Crippen LogP contribution in [0.2, 0.25) is 0 Å². The first-order valence-corrected chi connectivity index (χ1v) is 8.18. The molecule has 2 unspecified atom stereocenters. The summed E-state index contributed by atoms with van der Waals surface area (Å²) in [6.45, 7) is 3.88. The van der Waals surface area contributed by atoms with E-state index in [0.717, 1.165) is 24.3 Å². The monoisotopic (exact) mass is 295 g/mol. The smallest absolute Gasteiger partial charge is 0.255 e. The topological polar surface area (TPSA) is 49.8 Å². The standard InChI is InChI=1S/C15H21NO3S/c1-10-2-3-12-13(9-20-14(12)6-10)15(18)16-4-5-19-11(7-16)8-17/h9-11,17H,2-8H2,1H3. The first kappa shape index (κ1) is 14.0. The molecule has 0 aromatic carbocycles. The number of amides is 1. The van der Waals surface area contributed by atoms with Crippen molar-refractivity contribution in [3.05, 3.63) is 21.4 Å². The van der Waals surface area contributed by atoms with Gasteiger partial charge in [-0.15, -0.1) is 11.3 Å². The second kappa shape index (κ2) is 5.84. The quantitative estimate of drug-likeness (QED) is 0.903. The predicted octanol–water partition coefficient (Wildman–Crippen LogP) is 1.71. The van der Waals surface area contributed by atoms with E-state index in [1.54, 1.807) is 11.3 Å². The Morgan fingerprint density at radius 1 is 1.60 bits per heavy atom. The maximum atomic E-state index is 12.7. The third kappa shape index (κ3) is 2.62. The summed E-state index contributed by atoms with van der Waals surface area (Å²) in [5, 5.41) is 11.2. The van der Waals surface area contributed by atoms with Crippen LogP contribution in [-0.4, -0.2) is 48.3 Å². The molecule has 1 amide bonds. The zero-order valence-electron chi connectivity index (χ0n) is 11.8. The van der Waals surface area contributed by atoms with Crippen molar-refractivity contribution in [1.82, 2.24) is 4.90 Å². The summed E-state index contributed by atoms with van der Waals surface area (Å²) in [6.07, 6.45) is 3.07. The highest BCUT2D eigenvalue weighted by molar-refractivity contribution is 7.10. The summed E-state index contributed by atoms with van der Waals surface area (Å²) in [5.74, 6) is 0.838. The molecule has 0 radical (unpaired) electrons. The molecular formula is C15H21NO3S. The SMILES string of the molecule is CC1CCc2c(C(=O)N3CCOC(CO)C3)csc2C1. The molecule has 0 bridgehead atoms. The fraction of sp³-hybridized carbons (Fsp3) is 0.667. The van der Waals surface area contributed by atoms with E-state index in [0.29, 0.717) is 19.7 Å². The van der Waals surface area contributed by atoms with Gasteiger partial charge in [-0.25, -0.2) is 0 Å². The lowest BCUT2D eigenvalue weighted by Crippen LogP contribution is -2.47. The predicted molar refractivity (Wildman–Crippen MR) is 78.2 cm³/mol. The molecule has 3 rings (SSSR count). The maximum Gasteiger partial charge on any atom is 0.255 e. The van der Waals surface area contributed by atoms with Crippen molar-refractivity contribution in [2.75, 3.05) is 26.3 Å². The summed E-state index contributed by atoms with van der Waals surface area (Å²) in [4.78, 5) is 15.9. The van der Waals surface area contributed by atoms with Crippen LogP contribution in [-0.2, 0) is 17.6 Å². The number of ether oxygens (including phenoxy) is 1. The van der Waals surface area contributed by atoms with Crippen molar-refractivity contribution in [1.29, 1.82) is 0 Å². The molecule has 0 saturated carbocycles. The van der Waals surface area contributed by atoms with Crippen molar-refractivity contribution >= 4 is 17.2 Å². The number of hydrogen-bond donors (Lipinski definition) is 1. The van der Waals surface area contributed by atoms with Gasteiger partial charge in [-0.2, -0.15) is 0 Å². The van der Waals surface area contributed by atoms with Gasteiger partial charge in [0.25, 0.3) is 5.91 Å². The van der Waals surface area contributed by atoms with E-state index >= 15 is 0 Å². The van der Waals surface area contributed by atoms with Crippen LogP contribution >= 0.6 is 11.3 Å². The lowest BCUT2D eigenvalue weighted by molar-refractivity contribution is -0.0447. The van der Waals surface area contributed by atoms with Gasteiger partial charge in [0.2, 0.25) is 0 Å². The van der Waals surface area contributed by atoms with E-state index in [2.05, 4.69) is 6.92 Å². The minimum atomic E-state index is -0.234. The lowest BCUT2D eigenvalue weighted by Gasteiger charge is -2.32. The molecule has 1 fully saturated rings. The van der Waals surface area contributed by atoms with E-state index in [4.69, 9.17) is 4.74 Å². The summed E-state index contributed by atoms with van der Waals surface area (Å²) in [7, 11) is 0. The zero-order chi connectivity index (χ0) is 14.1. The Balaban J connectivity index is 1.77. The third-order valence-electron chi connectivity index (χ3n) is 4.26. The molecule has 1 aliphatic heterocycles. The summed E-state index contributed by atoms with van der Waals surface area (Å²) in [6, 6.07) is 0. The number of thiophene rings is 1. The Bertz CT molecular complexity index is 499. The molecule has 5 heteroatoms. The van der Waals surface area contributed by atoms with Gasteiger partial charge in [0, 0.05) is 23.3 Å². The van der Waals surface area contributed by atoms with Crippen LogP contribution in [0.1, 0.15) is 34.1 Å². The summed E-state index contributed by atoms with van der Waals surface area (Å²) >= 11 is 1.73. The molecule has 4 nitrogen and oxygen atoms in total. The second-order valence-electron chi connectivity index (χ2n) is 5.83. The molecule has 0 spiro atoms. The van der Waals surface area contributed by atoms with Gasteiger partial charge in [0.1, 0.15) is 0 Å². The fourth-order valence-corrected chi connectivity index (χ4v) is 4.28. The van der Waals surface area contributed by atoms with Crippen LogP contribution in [0.5, 0.6) is 0 Å². The third-order valence-corrected chi connectivity index (χ3v) is 5.31. The average molecular weight is 295 g/mol. The van der Waals surface area contributed by atoms with Crippen LogP contribution in [0.25, 0.3) is 0 Å². The highest BCUT2D eigenvalue weighted by Gasteiger charge is 2.29. The van der Waals surface area contributed by atoms with Crippen molar-refractivity contribution in [2.24, 2.45) is 5.92 Å². The number of aliphatic hydroxyl groups excluding tert-OH is 1. The fourth-order valence-electron chi connectivity index (χ4n) is 3.04. The van der Waals surface area contributed by atoms with Gasteiger partial charge in [0.05, 0.1) is 24.9 Å². The first-order valence-electron chi connectivity index (χ1n) is 7.30. The molecule has 1 aromatic heterocycles. The van der Waals surface area contributed by atoms with Crippen molar-refractivity contribution in [2.45, 2.75) is 32.3 Å². The van der Waals surface area contributed by atoms with Crippen LogP contribution < -0.4 is 0 Å². The Kier molecular flexibility index (Phi) is 4.10. The lowest BCUT2D eigenvalue weighted by atomic mass is 9.88. The van der Waals surface area contributed by atoms with Gasteiger partial charge in [-0.1, -0.05) is 6.92 Å². The second-order valence-corrected chi connectivity index (χ2v) is 6.79. The number of nitrogens with zero attached hydrogens (tertiary/aromatic N) is 1. The van der Waals surface area contributed by atoms with Crippen molar-refractivity contribution in [3.8, 4) is 0 Å². The van der Waals surface area contributed by atoms with Crippen LogP contribution in [0.3, 0.4) is 0 Å². The Labute approximate surface area is 123 Å². The van der Waals surface area contributed by atoms with Gasteiger partial charge >= 0.3 is 0 Å². The number of carbonyl (C=O) groups excluding carboxylic acids is 1. The van der Waals surface area contributed by atoms with Gasteiger partial charge < -0.3 is 14.7 Å². The highest BCUT2D eigenvalue weighted by Crippen LogP contribution is 2.33.